The van der Waals surface area contributed by atoms with Crippen molar-refractivity contribution >= 4 is 43.9 Å². The summed E-state index contributed by atoms with van der Waals surface area (Å²) < 4.78 is 6.54. The number of carbonyl (C=O) groups is 2. The van der Waals surface area contributed by atoms with E-state index in [1.165, 1.54) is 18.4 Å². The smallest absolute Gasteiger partial charge is 0.330 e. The first-order valence-corrected chi connectivity index (χ1v) is 6.82. The highest BCUT2D eigenvalue weighted by atomic mass is 32.1. The Kier molecular flexibility index (Phi) is 3.95. The average Bonchev–Trinajstić information content (AvgIpc) is 2.95. The van der Waals surface area contributed by atoms with Gasteiger partial charge in [0.2, 0.25) is 0 Å². The molecule has 0 saturated heterocycles. The second-order valence-electron chi connectivity index (χ2n) is 3.49. The lowest BCUT2D eigenvalue weighted by molar-refractivity contribution is -0.143. The molecule has 0 bridgehead atoms. The monoisotopic (exact) mass is 285 g/mol. The van der Waals surface area contributed by atoms with Gasteiger partial charge in [0.1, 0.15) is 0 Å². The highest BCUT2D eigenvalue weighted by molar-refractivity contribution is 7.27. The van der Waals surface area contributed by atoms with Gasteiger partial charge in [-0.05, 0) is 17.5 Å². The lowest BCUT2D eigenvalue weighted by Crippen LogP contribution is -2.43. The van der Waals surface area contributed by atoms with Crippen LogP contribution in [0.25, 0.3) is 9.40 Å². The van der Waals surface area contributed by atoms with Crippen molar-refractivity contribution in [3.05, 3.63) is 22.4 Å². The molecule has 96 valence electrons. The zero-order valence-corrected chi connectivity index (χ0v) is 11.1. The molecule has 0 aliphatic carbocycles. The number of esters is 1. The third-order valence-corrected chi connectivity index (χ3v) is 4.43. The molecule has 1 atom stereocenters. The number of hydrogen-bond donors (Lipinski definition) is 2. The van der Waals surface area contributed by atoms with Crippen molar-refractivity contribution in [2.24, 2.45) is 0 Å². The van der Waals surface area contributed by atoms with Crippen LogP contribution in [0.15, 0.2) is 17.5 Å². The minimum absolute atomic E-state index is 0.382. The summed E-state index contributed by atoms with van der Waals surface area (Å²) in [4.78, 5) is 23.6. The van der Waals surface area contributed by atoms with Gasteiger partial charge in [-0.1, -0.05) is 0 Å². The molecule has 0 fully saturated rings. The Hall–Kier alpha value is -1.44. The van der Waals surface area contributed by atoms with E-state index in [4.69, 9.17) is 5.11 Å². The zero-order chi connectivity index (χ0) is 13.1. The fraction of sp³-hybridized carbons (Fsp3) is 0.273. The van der Waals surface area contributed by atoms with E-state index in [-0.39, 0.29) is 5.91 Å². The number of fused-ring (bicyclic) bond motifs is 1. The molecule has 0 aliphatic heterocycles. The number of aliphatic hydroxyl groups is 1. The quantitative estimate of drug-likeness (QED) is 0.828. The van der Waals surface area contributed by atoms with Gasteiger partial charge in [-0.2, -0.15) is 0 Å². The number of amides is 1. The number of aliphatic hydroxyl groups excluding tert-OH is 1. The van der Waals surface area contributed by atoms with Gasteiger partial charge >= 0.3 is 5.97 Å². The molecule has 0 aromatic carbocycles. The number of hydrogen-bond acceptors (Lipinski definition) is 6. The first-order valence-electron chi connectivity index (χ1n) is 5.12. The molecule has 5 nitrogen and oxygen atoms in total. The Morgan fingerprint density at radius 3 is 2.89 bits per heavy atom. The maximum Gasteiger partial charge on any atom is 0.330 e. The molecule has 1 unspecified atom stereocenters. The van der Waals surface area contributed by atoms with Crippen LogP contribution in [0, 0.1) is 0 Å². The van der Waals surface area contributed by atoms with Crippen LogP contribution in [0.4, 0.5) is 0 Å². The van der Waals surface area contributed by atoms with Crippen molar-refractivity contribution in [1.82, 2.24) is 5.32 Å². The number of rotatable bonds is 4. The summed E-state index contributed by atoms with van der Waals surface area (Å²) in [5.74, 6) is -1.04. The van der Waals surface area contributed by atoms with Crippen LogP contribution in [0.1, 0.15) is 9.67 Å². The molecule has 2 heterocycles. The summed E-state index contributed by atoms with van der Waals surface area (Å²) in [6.45, 7) is -0.488. The van der Waals surface area contributed by atoms with Crippen LogP contribution in [-0.2, 0) is 9.53 Å². The molecule has 0 saturated carbocycles. The van der Waals surface area contributed by atoms with Crippen molar-refractivity contribution in [3.63, 3.8) is 0 Å². The van der Waals surface area contributed by atoms with E-state index in [0.717, 1.165) is 9.40 Å². The van der Waals surface area contributed by atoms with Crippen molar-refractivity contribution in [3.8, 4) is 0 Å². The highest BCUT2D eigenvalue weighted by Gasteiger charge is 2.22. The second kappa shape index (κ2) is 5.47. The summed E-state index contributed by atoms with van der Waals surface area (Å²) in [6.07, 6.45) is 0. The molecule has 2 aromatic rings. The van der Waals surface area contributed by atoms with Gasteiger partial charge in [0, 0.05) is 9.40 Å². The number of thiophene rings is 2. The van der Waals surface area contributed by atoms with Crippen LogP contribution < -0.4 is 5.32 Å². The summed E-state index contributed by atoms with van der Waals surface area (Å²) in [5.41, 5.74) is 0. The van der Waals surface area contributed by atoms with E-state index in [9.17, 15) is 9.59 Å². The predicted molar refractivity (Wildman–Crippen MR) is 70.1 cm³/mol. The number of methoxy groups -OCH3 is 1. The van der Waals surface area contributed by atoms with E-state index in [1.54, 1.807) is 17.4 Å². The molecule has 18 heavy (non-hydrogen) atoms. The van der Waals surface area contributed by atoms with Gasteiger partial charge in [0.15, 0.2) is 6.04 Å². The third kappa shape index (κ3) is 2.53. The highest BCUT2D eigenvalue weighted by Crippen LogP contribution is 2.29. The van der Waals surface area contributed by atoms with E-state index in [2.05, 4.69) is 10.1 Å². The predicted octanol–water partition coefficient (Wildman–Crippen LogP) is 1.23. The Morgan fingerprint density at radius 1 is 1.50 bits per heavy atom. The zero-order valence-electron chi connectivity index (χ0n) is 9.50. The number of ether oxygens (including phenoxy) is 1. The van der Waals surface area contributed by atoms with Gasteiger partial charge < -0.3 is 15.2 Å². The maximum atomic E-state index is 11.9. The molecule has 1 amide bonds. The SMILES string of the molecule is COC(=O)C(CO)NC(=O)c1cc2sccc2s1. The van der Waals surface area contributed by atoms with E-state index < -0.39 is 18.6 Å². The Morgan fingerprint density at radius 2 is 2.28 bits per heavy atom. The normalized spacial score (nSPS) is 12.3. The Balaban J connectivity index is 2.11. The molecule has 0 radical (unpaired) electrons. The van der Waals surface area contributed by atoms with Crippen molar-refractivity contribution in [2.45, 2.75) is 6.04 Å². The van der Waals surface area contributed by atoms with Gasteiger partial charge in [0.05, 0.1) is 18.6 Å². The first kappa shape index (κ1) is 13.0. The molecule has 0 aliphatic rings. The molecule has 0 spiro atoms. The Labute approximate surface area is 111 Å². The summed E-state index contributed by atoms with van der Waals surface area (Å²) in [6, 6.07) is 2.68. The fourth-order valence-electron chi connectivity index (χ4n) is 1.43. The molecule has 2 aromatic heterocycles. The lowest BCUT2D eigenvalue weighted by Gasteiger charge is -2.12. The van der Waals surface area contributed by atoms with E-state index in [0.29, 0.717) is 4.88 Å². The largest absolute Gasteiger partial charge is 0.467 e. The summed E-state index contributed by atoms with van der Waals surface area (Å²) in [7, 11) is 1.21. The van der Waals surface area contributed by atoms with Crippen LogP contribution in [0.5, 0.6) is 0 Å². The van der Waals surface area contributed by atoms with Crippen LogP contribution in [-0.4, -0.2) is 36.7 Å². The van der Waals surface area contributed by atoms with Gasteiger partial charge in [-0.25, -0.2) is 4.79 Å². The third-order valence-electron chi connectivity index (χ3n) is 2.34. The van der Waals surface area contributed by atoms with E-state index >= 15 is 0 Å². The van der Waals surface area contributed by atoms with Crippen molar-refractivity contribution in [1.29, 1.82) is 0 Å². The van der Waals surface area contributed by atoms with Gasteiger partial charge in [0.25, 0.3) is 5.91 Å². The topological polar surface area (TPSA) is 75.6 Å². The number of carbonyl (C=O) groups excluding carboxylic acids is 2. The average molecular weight is 285 g/mol. The van der Waals surface area contributed by atoms with Crippen LogP contribution in [0.3, 0.4) is 0 Å². The fourth-order valence-corrected chi connectivity index (χ4v) is 3.44. The summed E-state index contributed by atoms with van der Waals surface area (Å²) in [5, 5.41) is 13.4. The number of nitrogens with one attached hydrogen (secondary N) is 1. The molecular weight excluding hydrogens is 274 g/mol. The van der Waals surface area contributed by atoms with Crippen LogP contribution >= 0.6 is 22.7 Å². The molecular formula is C11H11NO4S2. The standard InChI is InChI=1S/C11H11NO4S2/c1-16-11(15)6(5-13)12-10(14)9-4-8-7(18-9)2-3-17-8/h2-4,6,13H,5H2,1H3,(H,12,14). The minimum Gasteiger partial charge on any atom is -0.467 e. The second-order valence-corrected chi connectivity index (χ2v) is 5.52. The van der Waals surface area contributed by atoms with E-state index in [1.807, 2.05) is 11.4 Å². The van der Waals surface area contributed by atoms with Gasteiger partial charge in [-0.3, -0.25) is 4.79 Å². The molecule has 7 heteroatoms. The minimum atomic E-state index is -1.03. The first-order chi connectivity index (χ1) is 8.65. The van der Waals surface area contributed by atoms with Gasteiger partial charge in [-0.15, -0.1) is 22.7 Å². The van der Waals surface area contributed by atoms with Crippen molar-refractivity contribution < 1.29 is 19.4 Å². The summed E-state index contributed by atoms with van der Waals surface area (Å²) >= 11 is 2.90. The molecule has 2 N–H and O–H groups in total. The Bertz CT molecular complexity index is 546. The maximum absolute atomic E-state index is 11.9. The molecule has 2 rings (SSSR count). The van der Waals surface area contributed by atoms with Crippen molar-refractivity contribution in [2.75, 3.05) is 13.7 Å². The lowest BCUT2D eigenvalue weighted by atomic mass is 10.3. The van der Waals surface area contributed by atoms with Crippen LogP contribution in [0.2, 0.25) is 0 Å².